The van der Waals surface area contributed by atoms with Crippen molar-refractivity contribution in [3.05, 3.63) is 69.0 Å². The van der Waals surface area contributed by atoms with E-state index in [0.717, 1.165) is 14.0 Å². The first-order chi connectivity index (χ1) is 12.0. The number of hydrogen-bond acceptors (Lipinski definition) is 4. The molecule has 0 aliphatic rings. The number of aromatic nitrogens is 1. The molecule has 0 bridgehead atoms. The zero-order valence-corrected chi connectivity index (χ0v) is 16.1. The number of carboxylic acid groups (broad SMARTS) is 1. The van der Waals surface area contributed by atoms with Gasteiger partial charge >= 0.3 is 0 Å². The maximum absolute atomic E-state index is 11.9. The third-order valence-corrected chi connectivity index (χ3v) is 4.93. The number of benzene rings is 2. The van der Waals surface area contributed by atoms with E-state index in [2.05, 4.69) is 27.7 Å². The molecule has 1 unspecified atom stereocenters. The Labute approximate surface area is 163 Å². The summed E-state index contributed by atoms with van der Waals surface area (Å²) in [5.74, 6) is 0. The van der Waals surface area contributed by atoms with E-state index in [0.29, 0.717) is 22.0 Å². The van der Waals surface area contributed by atoms with Gasteiger partial charge in [-0.25, -0.2) is 0 Å². The molecule has 3 rings (SSSR count). The first-order valence-corrected chi connectivity index (χ1v) is 8.89. The van der Waals surface area contributed by atoms with Crippen molar-refractivity contribution >= 4 is 46.0 Å². The molecular formula is C18H13ClIN2O3-. The van der Waals surface area contributed by atoms with Crippen LogP contribution >= 0.6 is 34.2 Å². The summed E-state index contributed by atoms with van der Waals surface area (Å²) in [7, 11) is 0. The van der Waals surface area contributed by atoms with Crippen molar-refractivity contribution < 1.29 is 14.4 Å². The van der Waals surface area contributed by atoms with Crippen molar-refractivity contribution in [2.75, 3.05) is 4.90 Å². The van der Waals surface area contributed by atoms with Crippen molar-refractivity contribution in [1.29, 1.82) is 0 Å². The van der Waals surface area contributed by atoms with Gasteiger partial charge in [0.15, 0.2) is 0 Å². The highest BCUT2D eigenvalue weighted by Gasteiger charge is 2.25. The third-order valence-electron chi connectivity index (χ3n) is 3.87. The van der Waals surface area contributed by atoms with E-state index in [1.807, 2.05) is 24.3 Å². The summed E-state index contributed by atoms with van der Waals surface area (Å²) in [6, 6.07) is 14.1. The van der Waals surface area contributed by atoms with Gasteiger partial charge in [-0.1, -0.05) is 47.1 Å². The monoisotopic (exact) mass is 467 g/mol. The predicted octanol–water partition coefficient (Wildman–Crippen LogP) is 4.51. The van der Waals surface area contributed by atoms with Gasteiger partial charge < -0.3 is 19.3 Å². The number of hydrogen-bond donors (Lipinski definition) is 0. The molecule has 1 aromatic heterocycles. The molecular weight excluding hydrogens is 455 g/mol. The number of nitrogens with zero attached hydrogens (tertiary/aromatic N) is 2. The van der Waals surface area contributed by atoms with Crippen LogP contribution in [0.5, 0.6) is 0 Å². The van der Waals surface area contributed by atoms with Gasteiger partial charge in [-0.15, -0.1) is 0 Å². The van der Waals surface area contributed by atoms with Gasteiger partial charge in [0.2, 0.25) is 0 Å². The van der Waals surface area contributed by atoms with Gasteiger partial charge in [-0.3, -0.25) is 0 Å². The Kier molecular flexibility index (Phi) is 5.29. The van der Waals surface area contributed by atoms with E-state index in [1.165, 1.54) is 6.26 Å². The number of rotatable bonds is 4. The van der Waals surface area contributed by atoms with Gasteiger partial charge in [-0.2, -0.15) is 0 Å². The SMILES string of the molecule is CC(c1ccccc1Cl)N(C(=O)[O-])c1conc1-c1ccc(I)cc1. The maximum Gasteiger partial charge on any atom is 0.148 e. The summed E-state index contributed by atoms with van der Waals surface area (Å²) in [4.78, 5) is 13.0. The second-order valence-electron chi connectivity index (χ2n) is 5.39. The van der Waals surface area contributed by atoms with Gasteiger partial charge in [0.1, 0.15) is 23.7 Å². The predicted molar refractivity (Wildman–Crippen MR) is 102 cm³/mol. The molecule has 0 spiro atoms. The molecule has 2 aromatic carbocycles. The maximum atomic E-state index is 11.9. The average molecular weight is 468 g/mol. The first kappa shape index (κ1) is 17.8. The highest BCUT2D eigenvalue weighted by molar-refractivity contribution is 14.1. The van der Waals surface area contributed by atoms with Crippen LogP contribution in [0, 0.1) is 3.57 Å². The zero-order valence-electron chi connectivity index (χ0n) is 13.1. The number of amides is 1. The fourth-order valence-corrected chi connectivity index (χ4v) is 3.28. The highest BCUT2D eigenvalue weighted by Crippen LogP contribution is 2.36. The van der Waals surface area contributed by atoms with Crippen LogP contribution in [0.4, 0.5) is 10.5 Å². The fourth-order valence-electron chi connectivity index (χ4n) is 2.63. The standard InChI is InChI=1S/C18H14ClIN2O3/c1-11(14-4-2-3-5-15(14)19)22(18(23)24)16-10-25-21-17(16)12-6-8-13(20)9-7-12/h2-11H,1H3,(H,23,24)/p-1. The molecule has 0 aliphatic heterocycles. The lowest BCUT2D eigenvalue weighted by Gasteiger charge is -2.31. The van der Waals surface area contributed by atoms with Crippen molar-refractivity contribution in [2.45, 2.75) is 13.0 Å². The quantitative estimate of drug-likeness (QED) is 0.530. The summed E-state index contributed by atoms with van der Waals surface area (Å²) in [6.07, 6.45) is -0.0569. The minimum atomic E-state index is -1.36. The molecule has 1 amide bonds. The molecule has 0 radical (unpaired) electrons. The van der Waals surface area contributed by atoms with Crippen LogP contribution in [0.1, 0.15) is 18.5 Å². The minimum Gasteiger partial charge on any atom is -0.530 e. The van der Waals surface area contributed by atoms with Crippen LogP contribution in [0.2, 0.25) is 5.02 Å². The van der Waals surface area contributed by atoms with E-state index < -0.39 is 12.1 Å². The molecule has 0 fully saturated rings. The molecule has 0 saturated heterocycles. The lowest BCUT2D eigenvalue weighted by molar-refractivity contribution is -0.247. The topological polar surface area (TPSA) is 69.4 Å². The molecule has 0 saturated carbocycles. The van der Waals surface area contributed by atoms with Crippen molar-refractivity contribution in [3.8, 4) is 11.3 Å². The zero-order chi connectivity index (χ0) is 18.0. The Morgan fingerprint density at radius 1 is 1.24 bits per heavy atom. The van der Waals surface area contributed by atoms with Crippen LogP contribution in [-0.4, -0.2) is 11.2 Å². The lowest BCUT2D eigenvalue weighted by atomic mass is 10.1. The molecule has 7 heteroatoms. The summed E-state index contributed by atoms with van der Waals surface area (Å²) >= 11 is 8.42. The Morgan fingerprint density at radius 2 is 1.92 bits per heavy atom. The molecule has 1 atom stereocenters. The molecule has 5 nitrogen and oxygen atoms in total. The Bertz CT molecular complexity index is 895. The summed E-state index contributed by atoms with van der Waals surface area (Å²) in [5.41, 5.74) is 2.16. The molecule has 0 aliphatic carbocycles. The molecule has 128 valence electrons. The molecule has 25 heavy (non-hydrogen) atoms. The Morgan fingerprint density at radius 3 is 2.56 bits per heavy atom. The van der Waals surface area contributed by atoms with Crippen molar-refractivity contribution in [2.24, 2.45) is 0 Å². The first-order valence-electron chi connectivity index (χ1n) is 7.44. The fraction of sp³-hybridized carbons (Fsp3) is 0.111. The van der Waals surface area contributed by atoms with Gasteiger partial charge in [0, 0.05) is 14.2 Å². The number of carbonyl (C=O) groups is 1. The van der Waals surface area contributed by atoms with Crippen LogP contribution in [0.25, 0.3) is 11.3 Å². The van der Waals surface area contributed by atoms with E-state index in [9.17, 15) is 9.90 Å². The molecule has 0 N–H and O–H groups in total. The van der Waals surface area contributed by atoms with E-state index in [1.54, 1.807) is 31.2 Å². The Balaban J connectivity index is 2.06. The second kappa shape index (κ2) is 7.45. The minimum absolute atomic E-state index is 0.314. The smallest absolute Gasteiger partial charge is 0.148 e. The van der Waals surface area contributed by atoms with E-state index >= 15 is 0 Å². The van der Waals surface area contributed by atoms with Crippen LogP contribution in [-0.2, 0) is 0 Å². The normalized spacial score (nSPS) is 12.0. The second-order valence-corrected chi connectivity index (χ2v) is 7.04. The number of halogens is 2. The van der Waals surface area contributed by atoms with Crippen molar-refractivity contribution in [1.82, 2.24) is 5.16 Å². The van der Waals surface area contributed by atoms with Gasteiger partial charge in [0.25, 0.3) is 0 Å². The van der Waals surface area contributed by atoms with Gasteiger partial charge in [0.05, 0.1) is 6.04 Å². The average Bonchev–Trinajstić information content (AvgIpc) is 3.05. The summed E-state index contributed by atoms with van der Waals surface area (Å²) in [5, 5.41) is 16.3. The van der Waals surface area contributed by atoms with Crippen LogP contribution < -0.4 is 10.0 Å². The molecule has 1 heterocycles. The summed E-state index contributed by atoms with van der Waals surface area (Å²) < 4.78 is 6.12. The number of carbonyl (C=O) groups excluding carboxylic acids is 1. The highest BCUT2D eigenvalue weighted by atomic mass is 127. The van der Waals surface area contributed by atoms with E-state index in [4.69, 9.17) is 16.1 Å². The largest absolute Gasteiger partial charge is 0.530 e. The van der Waals surface area contributed by atoms with Crippen molar-refractivity contribution in [3.63, 3.8) is 0 Å². The number of anilines is 1. The Hall–Kier alpha value is -2.06. The van der Waals surface area contributed by atoms with Gasteiger partial charge in [-0.05, 0) is 53.3 Å². The van der Waals surface area contributed by atoms with E-state index in [-0.39, 0.29) is 0 Å². The van der Waals surface area contributed by atoms with Crippen LogP contribution in [0.3, 0.4) is 0 Å². The molecule has 3 aromatic rings. The third kappa shape index (κ3) is 3.64. The van der Waals surface area contributed by atoms with Crippen LogP contribution in [0.15, 0.2) is 59.3 Å². The lowest BCUT2D eigenvalue weighted by Crippen LogP contribution is -2.43. The summed E-state index contributed by atoms with van der Waals surface area (Å²) in [6.45, 7) is 1.74.